The number of halogens is 3. The molecule has 0 amide bonds. The van der Waals surface area contributed by atoms with Gasteiger partial charge in [-0.05, 0) is 12.1 Å². The molecule has 0 radical (unpaired) electrons. The van der Waals surface area contributed by atoms with Crippen LogP contribution >= 0.6 is 0 Å². The average molecular weight is 206 g/mol. The van der Waals surface area contributed by atoms with Crippen LogP contribution < -0.4 is 11.1 Å². The first-order chi connectivity index (χ1) is 6.54. The quantitative estimate of drug-likeness (QED) is 0.770. The summed E-state index contributed by atoms with van der Waals surface area (Å²) >= 11 is 0. The maximum absolute atomic E-state index is 12.0. The highest BCUT2D eigenvalue weighted by Crippen LogP contribution is 2.26. The van der Waals surface area contributed by atoms with E-state index in [1.54, 1.807) is 0 Å². The predicted octanol–water partition coefficient (Wildman–Crippen LogP) is 0.866. The number of anilines is 1. The van der Waals surface area contributed by atoms with Crippen LogP contribution in [0, 0.1) is 0 Å². The SMILES string of the molecule is NCCNc1ccc(C(F)(F)F)nn1. The molecular weight excluding hydrogens is 197 g/mol. The number of alkyl halides is 3. The van der Waals surface area contributed by atoms with Gasteiger partial charge in [0, 0.05) is 13.1 Å². The summed E-state index contributed by atoms with van der Waals surface area (Å²) in [6, 6.07) is 2.08. The van der Waals surface area contributed by atoms with Crippen LogP contribution in [0.1, 0.15) is 5.69 Å². The molecule has 4 nitrogen and oxygen atoms in total. The summed E-state index contributed by atoms with van der Waals surface area (Å²) in [5.41, 5.74) is 4.18. The maximum Gasteiger partial charge on any atom is 0.435 e. The zero-order valence-electron chi connectivity index (χ0n) is 7.17. The van der Waals surface area contributed by atoms with Crippen LogP contribution in [0.5, 0.6) is 0 Å². The van der Waals surface area contributed by atoms with E-state index in [-0.39, 0.29) is 5.82 Å². The van der Waals surface area contributed by atoms with Crippen molar-refractivity contribution in [1.29, 1.82) is 0 Å². The van der Waals surface area contributed by atoms with Gasteiger partial charge in [0.1, 0.15) is 5.82 Å². The fourth-order valence-electron chi connectivity index (χ4n) is 0.778. The summed E-state index contributed by atoms with van der Waals surface area (Å²) in [4.78, 5) is 0. The summed E-state index contributed by atoms with van der Waals surface area (Å²) in [7, 11) is 0. The van der Waals surface area contributed by atoms with E-state index in [2.05, 4.69) is 15.5 Å². The summed E-state index contributed by atoms with van der Waals surface area (Å²) in [6.07, 6.45) is -4.45. The van der Waals surface area contributed by atoms with Crippen molar-refractivity contribution in [3.05, 3.63) is 17.8 Å². The Morgan fingerprint density at radius 3 is 2.43 bits per heavy atom. The van der Waals surface area contributed by atoms with Gasteiger partial charge >= 0.3 is 6.18 Å². The third-order valence-corrected chi connectivity index (χ3v) is 1.41. The van der Waals surface area contributed by atoms with Gasteiger partial charge in [-0.3, -0.25) is 0 Å². The number of nitrogens with zero attached hydrogens (tertiary/aromatic N) is 2. The normalized spacial score (nSPS) is 11.4. The highest BCUT2D eigenvalue weighted by molar-refractivity contribution is 5.33. The number of rotatable bonds is 3. The highest BCUT2D eigenvalue weighted by atomic mass is 19.4. The molecule has 0 aliphatic heterocycles. The van der Waals surface area contributed by atoms with Gasteiger partial charge in [-0.1, -0.05) is 0 Å². The Kier molecular flexibility index (Phi) is 3.23. The van der Waals surface area contributed by atoms with Crippen LogP contribution in [0.25, 0.3) is 0 Å². The molecule has 0 aliphatic carbocycles. The molecule has 1 aromatic heterocycles. The molecule has 0 aromatic carbocycles. The minimum absolute atomic E-state index is 0.281. The van der Waals surface area contributed by atoms with Crippen molar-refractivity contribution in [2.24, 2.45) is 5.73 Å². The van der Waals surface area contributed by atoms with Crippen molar-refractivity contribution in [2.45, 2.75) is 6.18 Å². The molecule has 14 heavy (non-hydrogen) atoms. The molecule has 1 rings (SSSR count). The van der Waals surface area contributed by atoms with E-state index in [0.717, 1.165) is 6.07 Å². The molecule has 7 heteroatoms. The lowest BCUT2D eigenvalue weighted by Crippen LogP contribution is -2.15. The number of nitrogens with one attached hydrogen (secondary N) is 1. The van der Waals surface area contributed by atoms with Gasteiger partial charge in [0.25, 0.3) is 0 Å². The van der Waals surface area contributed by atoms with E-state index in [1.165, 1.54) is 6.07 Å². The maximum atomic E-state index is 12.0. The van der Waals surface area contributed by atoms with Crippen molar-refractivity contribution < 1.29 is 13.2 Å². The van der Waals surface area contributed by atoms with Gasteiger partial charge in [-0.2, -0.15) is 13.2 Å². The van der Waals surface area contributed by atoms with Gasteiger partial charge in [-0.15, -0.1) is 10.2 Å². The predicted molar refractivity (Wildman–Crippen MR) is 44.6 cm³/mol. The lowest BCUT2D eigenvalue weighted by atomic mass is 10.4. The summed E-state index contributed by atoms with van der Waals surface area (Å²) in [6.45, 7) is 0.822. The van der Waals surface area contributed by atoms with Crippen LogP contribution in [-0.2, 0) is 6.18 Å². The largest absolute Gasteiger partial charge is 0.435 e. The fourth-order valence-corrected chi connectivity index (χ4v) is 0.778. The van der Waals surface area contributed by atoms with E-state index < -0.39 is 11.9 Å². The number of hydrogen-bond donors (Lipinski definition) is 2. The van der Waals surface area contributed by atoms with E-state index in [4.69, 9.17) is 5.73 Å². The van der Waals surface area contributed by atoms with Gasteiger partial charge in [0.2, 0.25) is 0 Å². The lowest BCUT2D eigenvalue weighted by molar-refractivity contribution is -0.141. The second-order valence-electron chi connectivity index (χ2n) is 2.52. The number of nitrogens with two attached hydrogens (primary N) is 1. The standard InChI is InChI=1S/C7H9F3N4/c8-7(9,10)5-1-2-6(14-13-5)12-4-3-11/h1-2H,3-4,11H2,(H,12,14). The Labute approximate surface area is 78.3 Å². The minimum Gasteiger partial charge on any atom is -0.367 e. The van der Waals surface area contributed by atoms with Crippen molar-refractivity contribution in [2.75, 3.05) is 18.4 Å². The van der Waals surface area contributed by atoms with Crippen molar-refractivity contribution >= 4 is 5.82 Å². The smallest absolute Gasteiger partial charge is 0.367 e. The first kappa shape index (κ1) is 10.7. The topological polar surface area (TPSA) is 63.8 Å². The Balaban J connectivity index is 2.69. The first-order valence-corrected chi connectivity index (χ1v) is 3.89. The molecule has 1 aromatic rings. The van der Waals surface area contributed by atoms with Gasteiger partial charge in [0.05, 0.1) is 0 Å². The zero-order chi connectivity index (χ0) is 10.6. The van der Waals surface area contributed by atoms with Crippen molar-refractivity contribution in [1.82, 2.24) is 10.2 Å². The van der Waals surface area contributed by atoms with E-state index in [9.17, 15) is 13.2 Å². The first-order valence-electron chi connectivity index (χ1n) is 3.89. The molecule has 0 saturated heterocycles. The lowest BCUT2D eigenvalue weighted by Gasteiger charge is -2.06. The number of aromatic nitrogens is 2. The van der Waals surface area contributed by atoms with Crippen LogP contribution in [0.4, 0.5) is 19.0 Å². The molecule has 0 aliphatic rings. The Morgan fingerprint density at radius 2 is 2.00 bits per heavy atom. The fraction of sp³-hybridized carbons (Fsp3) is 0.429. The molecule has 1 heterocycles. The van der Waals surface area contributed by atoms with Crippen molar-refractivity contribution in [3.8, 4) is 0 Å². The molecule has 0 bridgehead atoms. The third kappa shape index (κ3) is 2.84. The minimum atomic E-state index is -4.45. The molecule has 0 atom stereocenters. The summed E-state index contributed by atoms with van der Waals surface area (Å²) < 4.78 is 36.1. The average Bonchev–Trinajstić information content (AvgIpc) is 2.14. The van der Waals surface area contributed by atoms with Gasteiger partial charge in [0.15, 0.2) is 5.69 Å². The van der Waals surface area contributed by atoms with Crippen LogP contribution in [0.15, 0.2) is 12.1 Å². The van der Waals surface area contributed by atoms with Crippen LogP contribution in [-0.4, -0.2) is 23.3 Å². The van der Waals surface area contributed by atoms with Gasteiger partial charge < -0.3 is 11.1 Å². The summed E-state index contributed by atoms with van der Waals surface area (Å²) in [5.74, 6) is 0.281. The van der Waals surface area contributed by atoms with E-state index >= 15 is 0 Å². The molecule has 0 saturated carbocycles. The summed E-state index contributed by atoms with van der Waals surface area (Å²) in [5, 5.41) is 9.08. The number of hydrogen-bond acceptors (Lipinski definition) is 4. The Morgan fingerprint density at radius 1 is 1.29 bits per heavy atom. The molecule has 78 valence electrons. The van der Waals surface area contributed by atoms with Crippen LogP contribution in [0.2, 0.25) is 0 Å². The third-order valence-electron chi connectivity index (χ3n) is 1.41. The molecule has 3 N–H and O–H groups in total. The second-order valence-corrected chi connectivity index (χ2v) is 2.52. The molecule has 0 unspecified atom stereocenters. The molecule has 0 fully saturated rings. The second kappa shape index (κ2) is 4.23. The van der Waals surface area contributed by atoms with Gasteiger partial charge in [-0.25, -0.2) is 0 Å². The Hall–Kier alpha value is -1.37. The van der Waals surface area contributed by atoms with Crippen molar-refractivity contribution in [3.63, 3.8) is 0 Å². The monoisotopic (exact) mass is 206 g/mol. The van der Waals surface area contributed by atoms with Crippen LogP contribution in [0.3, 0.4) is 0 Å². The molecular formula is C7H9F3N4. The Bertz CT molecular complexity index is 282. The molecule has 0 spiro atoms. The highest BCUT2D eigenvalue weighted by Gasteiger charge is 2.32. The van der Waals surface area contributed by atoms with E-state index in [1.807, 2.05) is 0 Å². The zero-order valence-corrected chi connectivity index (χ0v) is 7.17. The van der Waals surface area contributed by atoms with E-state index in [0.29, 0.717) is 13.1 Å².